The largest absolute Gasteiger partial charge is 0.325 e. The summed E-state index contributed by atoms with van der Waals surface area (Å²) in [7, 11) is 0. The second-order valence-corrected chi connectivity index (χ2v) is 8.29. The maximum Gasteiger partial charge on any atom is 0.278 e. The zero-order valence-electron chi connectivity index (χ0n) is 18.9. The molecule has 5 rings (SSSR count). The molecule has 1 N–H and O–H groups in total. The van der Waals surface area contributed by atoms with Crippen molar-refractivity contribution in [3.63, 3.8) is 0 Å². The van der Waals surface area contributed by atoms with Crippen LogP contribution in [0, 0.1) is 5.82 Å². The van der Waals surface area contributed by atoms with E-state index in [4.69, 9.17) is 0 Å². The summed E-state index contributed by atoms with van der Waals surface area (Å²) >= 11 is 0. The molecule has 174 valence electrons. The minimum atomic E-state index is -0.461. The predicted octanol–water partition coefficient (Wildman–Crippen LogP) is 4.38. The first-order valence-corrected chi connectivity index (χ1v) is 11.0. The van der Waals surface area contributed by atoms with Gasteiger partial charge in [-0.05, 0) is 42.8 Å². The molecule has 0 saturated heterocycles. The zero-order chi connectivity index (χ0) is 24.5. The van der Waals surface area contributed by atoms with Crippen LogP contribution in [0.25, 0.3) is 21.9 Å². The summed E-state index contributed by atoms with van der Waals surface area (Å²) in [4.78, 5) is 42.6. The number of nitrogens with one attached hydrogen (secondary N) is 1. The van der Waals surface area contributed by atoms with Crippen molar-refractivity contribution in [1.82, 2.24) is 14.1 Å². The van der Waals surface area contributed by atoms with Crippen molar-refractivity contribution < 1.29 is 14.0 Å². The van der Waals surface area contributed by atoms with Gasteiger partial charge in [-0.3, -0.25) is 19.0 Å². The van der Waals surface area contributed by atoms with Gasteiger partial charge in [0.1, 0.15) is 23.4 Å². The van der Waals surface area contributed by atoms with Crippen LogP contribution in [0.5, 0.6) is 0 Å². The Morgan fingerprint density at radius 3 is 2.57 bits per heavy atom. The molecule has 2 aromatic heterocycles. The number of Topliss-reactive ketones (excluding diaryl/α,β-unsaturated/α-hetero) is 1. The number of amides is 1. The molecule has 0 unspecified atom stereocenters. The van der Waals surface area contributed by atoms with Crippen LogP contribution in [0.4, 0.5) is 10.1 Å². The molecule has 0 atom stereocenters. The highest BCUT2D eigenvalue weighted by atomic mass is 19.1. The number of hydrogen-bond acceptors (Lipinski definition) is 4. The van der Waals surface area contributed by atoms with E-state index in [0.717, 1.165) is 5.56 Å². The molecule has 0 bridgehead atoms. The van der Waals surface area contributed by atoms with Crippen LogP contribution in [-0.2, 0) is 17.9 Å². The number of anilines is 1. The highest BCUT2D eigenvalue weighted by Crippen LogP contribution is 2.26. The van der Waals surface area contributed by atoms with E-state index in [9.17, 15) is 18.8 Å². The molecule has 1 amide bonds. The smallest absolute Gasteiger partial charge is 0.278 e. The molecule has 8 heteroatoms. The molecule has 7 nitrogen and oxygen atoms in total. The summed E-state index contributed by atoms with van der Waals surface area (Å²) in [5.74, 6) is -0.973. The molecule has 0 fully saturated rings. The van der Waals surface area contributed by atoms with Crippen molar-refractivity contribution >= 4 is 39.3 Å². The Bertz CT molecular complexity index is 1650. The van der Waals surface area contributed by atoms with Crippen molar-refractivity contribution in [2.45, 2.75) is 20.0 Å². The van der Waals surface area contributed by atoms with E-state index in [1.54, 1.807) is 28.8 Å². The SMILES string of the molecule is CC(=O)c1cccc(NC(=O)Cn2c3ccc(F)cc3c3ncn(Cc4ccccc4)c(=O)c32)c1. The van der Waals surface area contributed by atoms with Crippen molar-refractivity contribution in [1.29, 1.82) is 0 Å². The number of nitrogens with zero attached hydrogens (tertiary/aromatic N) is 3. The quantitative estimate of drug-likeness (QED) is 0.375. The third kappa shape index (κ3) is 4.33. The molecule has 0 radical (unpaired) electrons. The predicted molar refractivity (Wildman–Crippen MR) is 132 cm³/mol. The maximum absolute atomic E-state index is 14.1. The molecule has 0 saturated carbocycles. The molecule has 2 heterocycles. The number of benzene rings is 3. The third-order valence-electron chi connectivity index (χ3n) is 5.84. The van der Waals surface area contributed by atoms with E-state index in [2.05, 4.69) is 10.3 Å². The molecular formula is C27H21FN4O3. The summed E-state index contributed by atoms with van der Waals surface area (Å²) in [6, 6.07) is 20.2. The van der Waals surface area contributed by atoms with Gasteiger partial charge in [-0.1, -0.05) is 42.5 Å². The van der Waals surface area contributed by atoms with E-state index in [0.29, 0.717) is 34.2 Å². The van der Waals surface area contributed by atoms with E-state index in [1.165, 1.54) is 36.0 Å². The number of aromatic nitrogens is 3. The van der Waals surface area contributed by atoms with Crippen LogP contribution in [0.1, 0.15) is 22.8 Å². The lowest BCUT2D eigenvalue weighted by molar-refractivity contribution is -0.116. The third-order valence-corrected chi connectivity index (χ3v) is 5.84. The van der Waals surface area contributed by atoms with Gasteiger partial charge in [-0.15, -0.1) is 0 Å². The van der Waals surface area contributed by atoms with Crippen molar-refractivity contribution in [3.8, 4) is 0 Å². The first kappa shape index (κ1) is 22.2. The van der Waals surface area contributed by atoms with Gasteiger partial charge in [0.05, 0.1) is 18.4 Å². The van der Waals surface area contributed by atoms with Gasteiger partial charge in [0.15, 0.2) is 5.78 Å². The van der Waals surface area contributed by atoms with Crippen LogP contribution in [0.3, 0.4) is 0 Å². The first-order valence-electron chi connectivity index (χ1n) is 11.0. The second kappa shape index (κ2) is 8.98. The number of hydrogen-bond donors (Lipinski definition) is 1. The average molecular weight is 468 g/mol. The van der Waals surface area contributed by atoms with Gasteiger partial charge in [0.25, 0.3) is 5.56 Å². The second-order valence-electron chi connectivity index (χ2n) is 8.29. The maximum atomic E-state index is 14.1. The Labute approximate surface area is 199 Å². The topological polar surface area (TPSA) is 86.0 Å². The van der Waals surface area contributed by atoms with Crippen molar-refractivity contribution in [2.75, 3.05) is 5.32 Å². The number of ketones is 1. The molecular weight excluding hydrogens is 447 g/mol. The van der Waals surface area contributed by atoms with Crippen molar-refractivity contribution in [2.24, 2.45) is 0 Å². The minimum Gasteiger partial charge on any atom is -0.325 e. The Hall–Kier alpha value is -4.59. The van der Waals surface area contributed by atoms with Gasteiger partial charge in [0.2, 0.25) is 5.91 Å². The monoisotopic (exact) mass is 468 g/mol. The van der Waals surface area contributed by atoms with Gasteiger partial charge in [0, 0.05) is 16.6 Å². The van der Waals surface area contributed by atoms with Crippen molar-refractivity contribution in [3.05, 3.63) is 106 Å². The van der Waals surface area contributed by atoms with Crippen LogP contribution in [-0.4, -0.2) is 25.8 Å². The van der Waals surface area contributed by atoms with Crippen LogP contribution >= 0.6 is 0 Å². The fraction of sp³-hybridized carbons (Fsp3) is 0.111. The first-order chi connectivity index (χ1) is 16.9. The lowest BCUT2D eigenvalue weighted by Gasteiger charge is -2.10. The van der Waals surface area contributed by atoms with Crippen LogP contribution in [0.15, 0.2) is 83.9 Å². The number of fused-ring (bicyclic) bond motifs is 3. The lowest BCUT2D eigenvalue weighted by atomic mass is 10.1. The van der Waals surface area contributed by atoms with Crippen LogP contribution < -0.4 is 10.9 Å². The lowest BCUT2D eigenvalue weighted by Crippen LogP contribution is -2.25. The molecule has 5 aromatic rings. The van der Waals surface area contributed by atoms with E-state index in [1.807, 2.05) is 30.3 Å². The normalized spacial score (nSPS) is 11.1. The summed E-state index contributed by atoms with van der Waals surface area (Å²) in [5.41, 5.74) is 2.61. The highest BCUT2D eigenvalue weighted by molar-refractivity contribution is 6.06. The Kier molecular flexibility index (Phi) is 5.70. The molecule has 35 heavy (non-hydrogen) atoms. The number of carbonyl (C=O) groups is 2. The summed E-state index contributed by atoms with van der Waals surface area (Å²) in [5, 5.41) is 3.23. The minimum absolute atomic E-state index is 0.115. The summed E-state index contributed by atoms with van der Waals surface area (Å²) in [6.45, 7) is 1.57. The van der Waals surface area contributed by atoms with Gasteiger partial charge < -0.3 is 9.88 Å². The molecule has 0 aliphatic rings. The Morgan fingerprint density at radius 1 is 1.00 bits per heavy atom. The summed E-state index contributed by atoms with van der Waals surface area (Å²) in [6.07, 6.45) is 1.44. The van der Waals surface area contributed by atoms with Crippen LogP contribution in [0.2, 0.25) is 0 Å². The Morgan fingerprint density at radius 2 is 1.80 bits per heavy atom. The number of halogens is 1. The van der Waals surface area contributed by atoms with Gasteiger partial charge >= 0.3 is 0 Å². The number of rotatable bonds is 6. The zero-order valence-corrected chi connectivity index (χ0v) is 18.9. The molecule has 0 aliphatic heterocycles. The number of carbonyl (C=O) groups excluding carboxylic acids is 2. The van der Waals surface area contributed by atoms with E-state index < -0.39 is 11.7 Å². The molecule has 0 spiro atoms. The molecule has 0 aliphatic carbocycles. The summed E-state index contributed by atoms with van der Waals surface area (Å²) < 4.78 is 17.1. The van der Waals surface area contributed by atoms with Gasteiger partial charge in [-0.25, -0.2) is 9.37 Å². The standard InChI is InChI=1S/C27H21FN4O3/c1-17(33)19-8-5-9-21(12-19)30-24(34)15-32-23-11-10-20(28)13-22(23)25-26(32)27(35)31(16-29-25)14-18-6-3-2-4-7-18/h2-13,16H,14-15H2,1H3,(H,30,34). The average Bonchev–Trinajstić information content (AvgIpc) is 3.14. The molecule has 3 aromatic carbocycles. The Balaban J connectivity index is 1.58. The fourth-order valence-electron chi connectivity index (χ4n) is 4.19. The van der Waals surface area contributed by atoms with Gasteiger partial charge in [-0.2, -0.15) is 0 Å². The van der Waals surface area contributed by atoms with E-state index >= 15 is 0 Å². The fourth-order valence-corrected chi connectivity index (χ4v) is 4.19. The highest BCUT2D eigenvalue weighted by Gasteiger charge is 2.19. The van der Waals surface area contributed by atoms with E-state index in [-0.39, 0.29) is 23.4 Å².